The molecule has 1 heterocycles. The third kappa shape index (κ3) is 2.97. The van der Waals surface area contributed by atoms with Crippen LogP contribution in [0.1, 0.15) is 11.1 Å². The van der Waals surface area contributed by atoms with Gasteiger partial charge < -0.3 is 4.74 Å². The number of hydrogen-bond donors (Lipinski definition) is 0. The van der Waals surface area contributed by atoms with E-state index in [-0.39, 0.29) is 22.6 Å². The van der Waals surface area contributed by atoms with E-state index in [2.05, 4.69) is 9.97 Å². The lowest BCUT2D eigenvalue weighted by Crippen LogP contribution is -1.97. The van der Waals surface area contributed by atoms with Crippen LogP contribution in [0.4, 0.5) is 5.69 Å². The summed E-state index contributed by atoms with van der Waals surface area (Å²) in [6.07, 6.45) is 1.49. The van der Waals surface area contributed by atoms with Crippen LogP contribution in [-0.4, -0.2) is 14.9 Å². The minimum atomic E-state index is -0.500. The molecule has 19 heavy (non-hydrogen) atoms. The highest BCUT2D eigenvalue weighted by Gasteiger charge is 2.17. The number of rotatable bonds is 3. The summed E-state index contributed by atoms with van der Waals surface area (Å²) in [5.41, 5.74) is 1.30. The number of nitro groups is 1. The maximum atomic E-state index is 11.0. The first-order chi connectivity index (χ1) is 8.97. The van der Waals surface area contributed by atoms with E-state index >= 15 is 0 Å². The topological polar surface area (TPSA) is 78.2 Å². The molecule has 0 saturated carbocycles. The number of hydrogen-bond acceptors (Lipinski definition) is 5. The maximum Gasteiger partial charge on any atom is 0.311 e. The zero-order valence-electron chi connectivity index (χ0n) is 10.3. The fraction of sp³-hybridized carbons (Fsp3) is 0.167. The molecule has 0 saturated heterocycles. The maximum absolute atomic E-state index is 11.0. The fourth-order valence-corrected chi connectivity index (χ4v) is 1.60. The largest absolute Gasteiger partial charge is 0.431 e. The van der Waals surface area contributed by atoms with Crippen LogP contribution in [0.5, 0.6) is 11.6 Å². The second-order valence-electron chi connectivity index (χ2n) is 3.96. The van der Waals surface area contributed by atoms with E-state index in [1.807, 2.05) is 0 Å². The molecule has 7 heteroatoms. The highest BCUT2D eigenvalue weighted by molar-refractivity contribution is 6.28. The summed E-state index contributed by atoms with van der Waals surface area (Å²) >= 11 is 5.67. The number of aryl methyl sites for hydroxylation is 2. The smallest absolute Gasteiger partial charge is 0.311 e. The number of ether oxygens (including phenoxy) is 1. The van der Waals surface area contributed by atoms with Crippen molar-refractivity contribution in [3.05, 3.63) is 50.9 Å². The highest BCUT2D eigenvalue weighted by atomic mass is 35.5. The molecular formula is C12H10ClN3O3. The lowest BCUT2D eigenvalue weighted by Gasteiger charge is -2.08. The van der Waals surface area contributed by atoms with Gasteiger partial charge in [-0.25, -0.2) is 4.98 Å². The number of nitro benzene ring substituents is 1. The fourth-order valence-electron chi connectivity index (χ4n) is 1.47. The summed E-state index contributed by atoms with van der Waals surface area (Å²) in [7, 11) is 0. The SMILES string of the molecule is Cc1ccc(Oc2nc(Cl)ncc2C)c([N+](=O)[O-])c1. The van der Waals surface area contributed by atoms with Gasteiger partial charge in [0.2, 0.25) is 16.9 Å². The molecule has 0 fully saturated rings. The average molecular weight is 280 g/mol. The van der Waals surface area contributed by atoms with E-state index in [1.54, 1.807) is 19.9 Å². The van der Waals surface area contributed by atoms with Crippen LogP contribution in [0.2, 0.25) is 5.28 Å². The summed E-state index contributed by atoms with van der Waals surface area (Å²) in [5.74, 6) is 0.320. The summed E-state index contributed by atoms with van der Waals surface area (Å²) in [6, 6.07) is 4.69. The molecule has 0 N–H and O–H groups in total. The van der Waals surface area contributed by atoms with Gasteiger partial charge in [0.05, 0.1) is 4.92 Å². The quantitative estimate of drug-likeness (QED) is 0.488. The molecule has 0 amide bonds. The normalized spacial score (nSPS) is 10.3. The summed E-state index contributed by atoms with van der Waals surface area (Å²) in [6.45, 7) is 3.50. The van der Waals surface area contributed by atoms with Crippen molar-refractivity contribution in [3.8, 4) is 11.6 Å². The van der Waals surface area contributed by atoms with Crippen LogP contribution >= 0.6 is 11.6 Å². The summed E-state index contributed by atoms with van der Waals surface area (Å²) < 4.78 is 5.46. The third-order valence-electron chi connectivity index (χ3n) is 2.41. The molecule has 0 aliphatic heterocycles. The Balaban J connectivity index is 2.43. The van der Waals surface area contributed by atoms with E-state index in [0.29, 0.717) is 5.56 Å². The zero-order valence-corrected chi connectivity index (χ0v) is 11.0. The predicted octanol–water partition coefficient (Wildman–Crippen LogP) is 3.45. The molecule has 0 atom stereocenters. The van der Waals surface area contributed by atoms with E-state index in [4.69, 9.17) is 16.3 Å². The monoisotopic (exact) mass is 279 g/mol. The Morgan fingerprint density at radius 1 is 1.37 bits per heavy atom. The molecule has 0 radical (unpaired) electrons. The number of halogens is 1. The van der Waals surface area contributed by atoms with E-state index in [1.165, 1.54) is 18.3 Å². The number of aromatic nitrogens is 2. The molecule has 0 spiro atoms. The molecule has 2 aromatic rings. The Labute approximate surface area is 114 Å². The van der Waals surface area contributed by atoms with Crippen LogP contribution in [0.15, 0.2) is 24.4 Å². The van der Waals surface area contributed by atoms with Gasteiger partial charge in [0, 0.05) is 17.8 Å². The molecule has 0 aliphatic rings. The van der Waals surface area contributed by atoms with Gasteiger partial charge in [-0.15, -0.1) is 0 Å². The average Bonchev–Trinajstić information content (AvgIpc) is 2.35. The minimum absolute atomic E-state index is 0.0235. The first-order valence-electron chi connectivity index (χ1n) is 5.39. The van der Waals surface area contributed by atoms with Crippen LogP contribution in [0.3, 0.4) is 0 Å². The minimum Gasteiger partial charge on any atom is -0.431 e. The van der Waals surface area contributed by atoms with Crippen LogP contribution in [0.25, 0.3) is 0 Å². The van der Waals surface area contributed by atoms with Gasteiger partial charge in [0.1, 0.15) is 0 Å². The number of benzene rings is 1. The van der Waals surface area contributed by atoms with Gasteiger partial charge in [-0.1, -0.05) is 6.07 Å². The van der Waals surface area contributed by atoms with Gasteiger partial charge >= 0.3 is 5.69 Å². The van der Waals surface area contributed by atoms with E-state index < -0.39 is 4.92 Å². The Morgan fingerprint density at radius 2 is 2.11 bits per heavy atom. The molecule has 0 aliphatic carbocycles. The first-order valence-corrected chi connectivity index (χ1v) is 5.77. The van der Waals surface area contributed by atoms with Gasteiger partial charge in [0.25, 0.3) is 0 Å². The zero-order chi connectivity index (χ0) is 14.0. The van der Waals surface area contributed by atoms with Crippen molar-refractivity contribution in [2.75, 3.05) is 0 Å². The second-order valence-corrected chi connectivity index (χ2v) is 4.30. The molecule has 6 nitrogen and oxygen atoms in total. The lowest BCUT2D eigenvalue weighted by atomic mass is 10.2. The van der Waals surface area contributed by atoms with Crippen LogP contribution in [-0.2, 0) is 0 Å². The molecule has 98 valence electrons. The number of nitrogens with zero attached hydrogens (tertiary/aromatic N) is 3. The lowest BCUT2D eigenvalue weighted by molar-refractivity contribution is -0.385. The van der Waals surface area contributed by atoms with Crippen LogP contribution < -0.4 is 4.74 Å². The molecule has 2 rings (SSSR count). The van der Waals surface area contributed by atoms with Crippen molar-refractivity contribution in [1.29, 1.82) is 0 Å². The molecule has 1 aromatic carbocycles. The van der Waals surface area contributed by atoms with E-state index in [9.17, 15) is 10.1 Å². The third-order valence-corrected chi connectivity index (χ3v) is 2.60. The van der Waals surface area contributed by atoms with Crippen molar-refractivity contribution >= 4 is 17.3 Å². The van der Waals surface area contributed by atoms with Crippen molar-refractivity contribution in [2.45, 2.75) is 13.8 Å². The van der Waals surface area contributed by atoms with Crippen molar-refractivity contribution in [1.82, 2.24) is 9.97 Å². The van der Waals surface area contributed by atoms with Gasteiger partial charge in [-0.3, -0.25) is 10.1 Å². The molecule has 1 aromatic heterocycles. The van der Waals surface area contributed by atoms with Gasteiger partial charge in [-0.2, -0.15) is 4.98 Å². The standard InChI is InChI=1S/C12H10ClN3O3/c1-7-3-4-10(9(5-7)16(17)18)19-11-8(2)6-14-12(13)15-11/h3-6H,1-2H3. The predicted molar refractivity (Wildman–Crippen MR) is 69.7 cm³/mol. The van der Waals surface area contributed by atoms with Crippen LogP contribution in [0, 0.1) is 24.0 Å². The van der Waals surface area contributed by atoms with Crippen molar-refractivity contribution in [2.24, 2.45) is 0 Å². The summed E-state index contributed by atoms with van der Waals surface area (Å²) in [4.78, 5) is 18.2. The first kappa shape index (κ1) is 13.2. The molecular weight excluding hydrogens is 270 g/mol. The second kappa shape index (κ2) is 5.19. The van der Waals surface area contributed by atoms with Crippen molar-refractivity contribution < 1.29 is 9.66 Å². The van der Waals surface area contributed by atoms with Gasteiger partial charge in [0.15, 0.2) is 0 Å². The Kier molecular flexibility index (Phi) is 3.62. The molecule has 0 unspecified atom stereocenters. The van der Waals surface area contributed by atoms with E-state index in [0.717, 1.165) is 5.56 Å². The Hall–Kier alpha value is -2.21. The molecule has 0 bridgehead atoms. The van der Waals surface area contributed by atoms with Gasteiger partial charge in [-0.05, 0) is 37.1 Å². The van der Waals surface area contributed by atoms with Crippen molar-refractivity contribution in [3.63, 3.8) is 0 Å². The Morgan fingerprint density at radius 3 is 2.79 bits per heavy atom. The Bertz CT molecular complexity index is 646. The highest BCUT2D eigenvalue weighted by Crippen LogP contribution is 2.32. The summed E-state index contributed by atoms with van der Waals surface area (Å²) in [5, 5.41) is 11.0.